The van der Waals surface area contributed by atoms with Gasteiger partial charge in [-0.25, -0.2) is 9.18 Å². The Hall–Kier alpha value is -4.05. The summed E-state index contributed by atoms with van der Waals surface area (Å²) in [6.45, 7) is 7.58. The summed E-state index contributed by atoms with van der Waals surface area (Å²) in [6, 6.07) is 15.5. The molecule has 1 N–H and O–H groups in total. The van der Waals surface area contributed by atoms with Crippen LogP contribution >= 0.6 is 15.9 Å². The van der Waals surface area contributed by atoms with Crippen molar-refractivity contribution in [3.8, 4) is 23.0 Å². The summed E-state index contributed by atoms with van der Waals surface area (Å²) in [7, 11) is 0. The van der Waals surface area contributed by atoms with Crippen LogP contribution in [-0.4, -0.2) is 43.1 Å². The van der Waals surface area contributed by atoms with Gasteiger partial charge in [0.05, 0.1) is 30.5 Å². The number of anilines is 1. The van der Waals surface area contributed by atoms with Gasteiger partial charge in [-0.1, -0.05) is 34.1 Å². The minimum atomic E-state index is -0.845. The molecule has 2 aliphatic rings. The number of nitrogens with one attached hydrogen (secondary N) is 1. The van der Waals surface area contributed by atoms with Gasteiger partial charge in [0.1, 0.15) is 5.75 Å². The molecule has 2 aliphatic heterocycles. The van der Waals surface area contributed by atoms with Crippen LogP contribution in [0.1, 0.15) is 38.8 Å². The van der Waals surface area contributed by atoms with Crippen LogP contribution in [0.5, 0.6) is 23.0 Å². The van der Waals surface area contributed by atoms with E-state index in [9.17, 15) is 14.0 Å². The number of carbonyl (C=O) groups excluding carboxylic acids is 2. The van der Waals surface area contributed by atoms with Crippen molar-refractivity contribution in [2.24, 2.45) is 0 Å². The summed E-state index contributed by atoms with van der Waals surface area (Å²) in [5.41, 5.74) is 1.91. The molecule has 2 heterocycles. The first-order valence-electron chi connectivity index (χ1n) is 13.5. The lowest BCUT2D eigenvalue weighted by atomic mass is 9.92. The summed E-state index contributed by atoms with van der Waals surface area (Å²) in [4.78, 5) is 30.9. The maximum absolute atomic E-state index is 14.7. The highest BCUT2D eigenvalue weighted by Crippen LogP contribution is 2.41. The summed E-state index contributed by atoms with van der Waals surface area (Å²) in [5, 5.41) is 3.02. The number of rotatable bonds is 7. The maximum Gasteiger partial charge on any atom is 0.327 e. The fourth-order valence-electron chi connectivity index (χ4n) is 5.02. The number of halogens is 2. The lowest BCUT2D eigenvalue weighted by Crippen LogP contribution is -2.50. The average molecular weight is 625 g/mol. The molecule has 3 aromatic rings. The first kappa shape index (κ1) is 28.5. The SMILES string of the molecule is CCN(CC)C(=O)C1=C(C)N(c2ccc3c(c2)OCCCO3)C(=O)NC1c1ccccc1Oc1ccc(Br)cc1F. The number of urea groups is 1. The molecule has 0 fully saturated rings. The van der Waals surface area contributed by atoms with Crippen LogP contribution in [0.4, 0.5) is 14.9 Å². The number of fused-ring (bicyclic) bond motifs is 1. The second kappa shape index (κ2) is 12.2. The van der Waals surface area contributed by atoms with Crippen molar-refractivity contribution in [1.29, 1.82) is 0 Å². The van der Waals surface area contributed by atoms with Gasteiger partial charge in [-0.05, 0) is 57.2 Å². The van der Waals surface area contributed by atoms with Crippen LogP contribution in [0.25, 0.3) is 0 Å². The third-order valence-electron chi connectivity index (χ3n) is 7.10. The van der Waals surface area contributed by atoms with Crippen molar-refractivity contribution in [2.75, 3.05) is 31.2 Å². The Kier molecular flexibility index (Phi) is 8.49. The van der Waals surface area contributed by atoms with Crippen molar-refractivity contribution in [3.63, 3.8) is 0 Å². The molecular formula is C31H31BrFN3O5. The van der Waals surface area contributed by atoms with Crippen LogP contribution in [0.15, 0.2) is 76.4 Å². The molecule has 3 amide bonds. The van der Waals surface area contributed by atoms with Crippen LogP contribution in [0.3, 0.4) is 0 Å². The predicted molar refractivity (Wildman–Crippen MR) is 157 cm³/mol. The third kappa shape index (κ3) is 5.74. The highest BCUT2D eigenvalue weighted by atomic mass is 79.9. The Labute approximate surface area is 246 Å². The third-order valence-corrected chi connectivity index (χ3v) is 7.59. The van der Waals surface area contributed by atoms with Crippen LogP contribution < -0.4 is 24.4 Å². The van der Waals surface area contributed by atoms with Crippen LogP contribution in [0.2, 0.25) is 0 Å². The predicted octanol–water partition coefficient (Wildman–Crippen LogP) is 6.96. The summed E-state index contributed by atoms with van der Waals surface area (Å²) in [6.07, 6.45) is 0.753. The van der Waals surface area contributed by atoms with Gasteiger partial charge in [-0.2, -0.15) is 0 Å². The van der Waals surface area contributed by atoms with E-state index in [1.807, 2.05) is 13.8 Å². The van der Waals surface area contributed by atoms with Crippen molar-refractivity contribution in [2.45, 2.75) is 33.2 Å². The molecule has 0 radical (unpaired) electrons. The number of para-hydroxylation sites is 1. The molecule has 0 bridgehead atoms. The van der Waals surface area contributed by atoms with Crippen molar-refractivity contribution in [3.05, 3.63) is 87.8 Å². The van der Waals surface area contributed by atoms with E-state index in [0.717, 1.165) is 6.42 Å². The molecule has 8 nitrogen and oxygen atoms in total. The molecule has 10 heteroatoms. The second-order valence-electron chi connectivity index (χ2n) is 9.59. The van der Waals surface area contributed by atoms with E-state index in [4.69, 9.17) is 14.2 Å². The molecule has 214 valence electrons. The number of likely N-dealkylation sites (N-methyl/N-ethyl adjacent to an activating group) is 1. The molecule has 1 unspecified atom stereocenters. The van der Waals surface area contributed by atoms with Gasteiger partial charge >= 0.3 is 6.03 Å². The van der Waals surface area contributed by atoms with Gasteiger partial charge in [-0.3, -0.25) is 9.69 Å². The van der Waals surface area contributed by atoms with Gasteiger partial charge < -0.3 is 24.4 Å². The highest BCUT2D eigenvalue weighted by molar-refractivity contribution is 9.10. The zero-order valence-electron chi connectivity index (χ0n) is 23.1. The number of allylic oxidation sites excluding steroid dienone is 1. The number of carbonyl (C=O) groups is 2. The largest absolute Gasteiger partial charge is 0.490 e. The number of benzene rings is 3. The van der Waals surface area contributed by atoms with E-state index in [1.54, 1.807) is 60.4 Å². The standard InChI is InChI=1S/C31H31BrFN3O5/c1-4-35(5-2)30(37)28-19(3)36(21-12-14-26-27(18-21)40-16-8-15-39-26)31(38)34-29(28)22-9-6-7-10-24(22)41-25-13-11-20(32)17-23(25)33/h6-7,9-14,17-18,29H,4-5,8,15-16H2,1-3H3,(H,34,38). The zero-order chi connectivity index (χ0) is 29.1. The minimum Gasteiger partial charge on any atom is -0.490 e. The Balaban J connectivity index is 1.61. The lowest BCUT2D eigenvalue weighted by molar-refractivity contribution is -0.127. The Morgan fingerprint density at radius 3 is 2.51 bits per heavy atom. The topological polar surface area (TPSA) is 80.3 Å². The summed E-state index contributed by atoms with van der Waals surface area (Å²) < 4.78 is 32.9. The molecule has 1 atom stereocenters. The van der Waals surface area contributed by atoms with E-state index >= 15 is 0 Å². The average Bonchev–Trinajstić information content (AvgIpc) is 3.20. The fraction of sp³-hybridized carbons (Fsp3) is 0.290. The van der Waals surface area contributed by atoms with Gasteiger partial charge in [0, 0.05) is 41.3 Å². The zero-order valence-corrected chi connectivity index (χ0v) is 24.7. The minimum absolute atomic E-state index is 0.0222. The van der Waals surface area contributed by atoms with Gasteiger partial charge in [-0.15, -0.1) is 0 Å². The second-order valence-corrected chi connectivity index (χ2v) is 10.5. The molecule has 0 saturated carbocycles. The fourth-order valence-corrected chi connectivity index (χ4v) is 5.36. The van der Waals surface area contributed by atoms with Gasteiger partial charge in [0.15, 0.2) is 23.1 Å². The lowest BCUT2D eigenvalue weighted by Gasteiger charge is -2.37. The first-order valence-corrected chi connectivity index (χ1v) is 14.3. The van der Waals surface area contributed by atoms with Crippen LogP contribution in [0, 0.1) is 5.82 Å². The van der Waals surface area contributed by atoms with Crippen molar-refractivity contribution < 1.29 is 28.2 Å². The Morgan fingerprint density at radius 1 is 1.05 bits per heavy atom. The van der Waals surface area contributed by atoms with E-state index in [1.165, 1.54) is 17.0 Å². The molecule has 5 rings (SSSR count). The van der Waals surface area contributed by atoms with E-state index in [0.29, 0.717) is 70.5 Å². The highest BCUT2D eigenvalue weighted by Gasteiger charge is 2.39. The van der Waals surface area contributed by atoms with E-state index in [-0.39, 0.29) is 11.7 Å². The number of ether oxygens (including phenoxy) is 3. The van der Waals surface area contributed by atoms with E-state index in [2.05, 4.69) is 21.2 Å². The molecule has 0 spiro atoms. The number of hydrogen-bond acceptors (Lipinski definition) is 5. The Morgan fingerprint density at radius 2 is 1.78 bits per heavy atom. The van der Waals surface area contributed by atoms with Crippen LogP contribution in [-0.2, 0) is 4.79 Å². The maximum atomic E-state index is 14.7. The summed E-state index contributed by atoms with van der Waals surface area (Å²) >= 11 is 3.26. The van der Waals surface area contributed by atoms with Crippen molar-refractivity contribution >= 4 is 33.6 Å². The van der Waals surface area contributed by atoms with Crippen molar-refractivity contribution in [1.82, 2.24) is 10.2 Å². The molecule has 0 saturated heterocycles. The molecule has 41 heavy (non-hydrogen) atoms. The van der Waals surface area contributed by atoms with E-state index < -0.39 is 17.9 Å². The summed E-state index contributed by atoms with van der Waals surface area (Å²) in [5.74, 6) is 0.716. The molecular weight excluding hydrogens is 593 g/mol. The smallest absolute Gasteiger partial charge is 0.327 e. The van der Waals surface area contributed by atoms with Gasteiger partial charge in [0.2, 0.25) is 0 Å². The molecule has 0 aliphatic carbocycles. The Bertz CT molecular complexity index is 1510. The monoisotopic (exact) mass is 623 g/mol. The first-order chi connectivity index (χ1) is 19.8. The number of amides is 3. The number of nitrogens with zero attached hydrogens (tertiary/aromatic N) is 2. The molecule has 3 aromatic carbocycles. The quantitative estimate of drug-likeness (QED) is 0.308. The molecule has 0 aromatic heterocycles. The van der Waals surface area contributed by atoms with Gasteiger partial charge in [0.25, 0.3) is 5.91 Å². The number of hydrogen-bond donors (Lipinski definition) is 1. The normalized spacial score (nSPS) is 16.7.